The van der Waals surface area contributed by atoms with Gasteiger partial charge in [-0.2, -0.15) is 0 Å². The van der Waals surface area contributed by atoms with Crippen LogP contribution in [0.5, 0.6) is 0 Å². The molecule has 11 heavy (non-hydrogen) atoms. The van der Waals surface area contributed by atoms with E-state index in [2.05, 4.69) is 18.8 Å². The number of aromatic nitrogens is 2. The van der Waals surface area contributed by atoms with Crippen molar-refractivity contribution in [3.8, 4) is 0 Å². The monoisotopic (exact) mass is 153 g/mol. The summed E-state index contributed by atoms with van der Waals surface area (Å²) in [5.41, 5.74) is 5.60. The molecule has 3 nitrogen and oxygen atoms in total. The van der Waals surface area contributed by atoms with Gasteiger partial charge < -0.3 is 10.3 Å². The predicted molar refractivity (Wildman–Crippen MR) is 46.1 cm³/mol. The average Bonchev–Trinajstić information content (AvgIpc) is 2.37. The van der Waals surface area contributed by atoms with Crippen LogP contribution in [-0.2, 0) is 6.54 Å². The second-order valence-electron chi connectivity index (χ2n) is 2.95. The second-order valence-corrected chi connectivity index (χ2v) is 2.95. The molecule has 0 radical (unpaired) electrons. The van der Waals surface area contributed by atoms with Crippen molar-refractivity contribution < 1.29 is 0 Å². The Kier molecular flexibility index (Phi) is 2.52. The number of nitrogens with zero attached hydrogens (tertiary/aromatic N) is 2. The van der Waals surface area contributed by atoms with Crippen LogP contribution in [0.2, 0.25) is 0 Å². The van der Waals surface area contributed by atoms with Gasteiger partial charge in [-0.15, -0.1) is 0 Å². The van der Waals surface area contributed by atoms with Gasteiger partial charge in [0.25, 0.3) is 0 Å². The van der Waals surface area contributed by atoms with E-state index in [1.165, 1.54) is 6.42 Å². The molecule has 3 heteroatoms. The van der Waals surface area contributed by atoms with Crippen LogP contribution >= 0.6 is 0 Å². The SMILES string of the molecule is CCC(C)Cn1ccnc1N. The molecule has 1 aromatic rings. The highest BCUT2D eigenvalue weighted by Crippen LogP contribution is 2.07. The Balaban J connectivity index is 2.56. The van der Waals surface area contributed by atoms with E-state index in [1.807, 2.05) is 10.8 Å². The molecule has 62 valence electrons. The maximum absolute atomic E-state index is 5.60. The van der Waals surface area contributed by atoms with Crippen LogP contribution in [0.4, 0.5) is 5.95 Å². The van der Waals surface area contributed by atoms with Crippen LogP contribution in [0.1, 0.15) is 20.3 Å². The minimum Gasteiger partial charge on any atom is -0.369 e. The lowest BCUT2D eigenvalue weighted by Gasteiger charge is -2.09. The average molecular weight is 153 g/mol. The Bertz CT molecular complexity index is 217. The fourth-order valence-corrected chi connectivity index (χ4v) is 0.960. The Hall–Kier alpha value is -0.990. The molecule has 0 spiro atoms. The van der Waals surface area contributed by atoms with Crippen molar-refractivity contribution in [2.45, 2.75) is 26.8 Å². The maximum atomic E-state index is 5.60. The number of hydrogen-bond acceptors (Lipinski definition) is 2. The Morgan fingerprint density at radius 2 is 2.45 bits per heavy atom. The fourth-order valence-electron chi connectivity index (χ4n) is 0.960. The first kappa shape index (κ1) is 8.11. The van der Waals surface area contributed by atoms with E-state index in [4.69, 9.17) is 5.73 Å². The molecule has 0 bridgehead atoms. The number of imidazole rings is 1. The fraction of sp³-hybridized carbons (Fsp3) is 0.625. The van der Waals surface area contributed by atoms with Gasteiger partial charge in [0.15, 0.2) is 5.95 Å². The predicted octanol–water partition coefficient (Wildman–Crippen LogP) is 1.51. The third kappa shape index (κ3) is 1.97. The number of nitrogen functional groups attached to an aromatic ring is 1. The van der Waals surface area contributed by atoms with Crippen molar-refractivity contribution in [3.05, 3.63) is 12.4 Å². The summed E-state index contributed by atoms with van der Waals surface area (Å²) in [6.45, 7) is 5.36. The van der Waals surface area contributed by atoms with Crippen molar-refractivity contribution in [2.24, 2.45) is 5.92 Å². The molecule has 0 amide bonds. The van der Waals surface area contributed by atoms with Crippen LogP contribution in [0.25, 0.3) is 0 Å². The van der Waals surface area contributed by atoms with Crippen LogP contribution < -0.4 is 5.73 Å². The van der Waals surface area contributed by atoms with Crippen LogP contribution in [0, 0.1) is 5.92 Å². The van der Waals surface area contributed by atoms with Crippen LogP contribution in [-0.4, -0.2) is 9.55 Å². The zero-order valence-corrected chi connectivity index (χ0v) is 7.12. The van der Waals surface area contributed by atoms with E-state index in [1.54, 1.807) is 6.20 Å². The summed E-state index contributed by atoms with van der Waals surface area (Å²) in [5, 5.41) is 0. The molecule has 1 heterocycles. The lowest BCUT2D eigenvalue weighted by molar-refractivity contribution is 0.472. The van der Waals surface area contributed by atoms with Gasteiger partial charge in [0.2, 0.25) is 0 Å². The Morgan fingerprint density at radius 3 is 2.91 bits per heavy atom. The number of anilines is 1. The minimum atomic E-state index is 0.616. The summed E-state index contributed by atoms with van der Waals surface area (Å²) in [6, 6.07) is 0. The van der Waals surface area contributed by atoms with Gasteiger partial charge in [-0.3, -0.25) is 0 Å². The standard InChI is InChI=1S/C8H15N3/c1-3-7(2)6-11-5-4-10-8(11)9/h4-5,7H,3,6H2,1-2H3,(H2,9,10). The van der Waals surface area contributed by atoms with Gasteiger partial charge in [0, 0.05) is 18.9 Å². The van der Waals surface area contributed by atoms with Crippen molar-refractivity contribution in [2.75, 3.05) is 5.73 Å². The normalized spacial score (nSPS) is 13.3. The van der Waals surface area contributed by atoms with Crippen molar-refractivity contribution in [1.29, 1.82) is 0 Å². The molecule has 0 aliphatic carbocycles. The topological polar surface area (TPSA) is 43.8 Å². The molecule has 1 aromatic heterocycles. The molecule has 1 rings (SSSR count). The number of rotatable bonds is 3. The second kappa shape index (κ2) is 3.42. The summed E-state index contributed by atoms with van der Waals surface area (Å²) < 4.78 is 1.98. The molecule has 0 aliphatic heterocycles. The first-order valence-corrected chi connectivity index (χ1v) is 4.00. The van der Waals surface area contributed by atoms with E-state index < -0.39 is 0 Å². The smallest absolute Gasteiger partial charge is 0.200 e. The largest absolute Gasteiger partial charge is 0.369 e. The minimum absolute atomic E-state index is 0.616. The Morgan fingerprint density at radius 1 is 1.73 bits per heavy atom. The van der Waals surface area contributed by atoms with E-state index >= 15 is 0 Å². The third-order valence-electron chi connectivity index (χ3n) is 1.95. The first-order chi connectivity index (χ1) is 5.24. The van der Waals surface area contributed by atoms with Gasteiger partial charge in [-0.1, -0.05) is 20.3 Å². The van der Waals surface area contributed by atoms with E-state index in [0.29, 0.717) is 11.9 Å². The molecule has 0 saturated heterocycles. The van der Waals surface area contributed by atoms with Gasteiger partial charge in [0.1, 0.15) is 0 Å². The Labute approximate surface area is 67.2 Å². The molecule has 1 atom stereocenters. The molecular weight excluding hydrogens is 138 g/mol. The zero-order chi connectivity index (χ0) is 8.27. The zero-order valence-electron chi connectivity index (χ0n) is 7.12. The van der Waals surface area contributed by atoms with E-state index in [0.717, 1.165) is 6.54 Å². The van der Waals surface area contributed by atoms with E-state index in [9.17, 15) is 0 Å². The van der Waals surface area contributed by atoms with Gasteiger partial charge in [0.05, 0.1) is 0 Å². The quantitative estimate of drug-likeness (QED) is 0.715. The molecule has 0 aromatic carbocycles. The molecule has 0 saturated carbocycles. The van der Waals surface area contributed by atoms with E-state index in [-0.39, 0.29) is 0 Å². The summed E-state index contributed by atoms with van der Waals surface area (Å²) in [7, 11) is 0. The highest BCUT2D eigenvalue weighted by molar-refractivity contribution is 5.16. The van der Waals surface area contributed by atoms with Crippen LogP contribution in [0.15, 0.2) is 12.4 Å². The van der Waals surface area contributed by atoms with Crippen molar-refractivity contribution in [1.82, 2.24) is 9.55 Å². The number of hydrogen-bond donors (Lipinski definition) is 1. The summed E-state index contributed by atoms with van der Waals surface area (Å²) in [6.07, 6.45) is 4.83. The molecule has 0 aliphatic rings. The summed E-state index contributed by atoms with van der Waals surface area (Å²) in [4.78, 5) is 3.94. The molecule has 0 fully saturated rings. The van der Waals surface area contributed by atoms with Crippen molar-refractivity contribution >= 4 is 5.95 Å². The van der Waals surface area contributed by atoms with Gasteiger partial charge in [-0.05, 0) is 5.92 Å². The lowest BCUT2D eigenvalue weighted by atomic mass is 10.1. The summed E-state index contributed by atoms with van der Waals surface area (Å²) in [5.74, 6) is 1.29. The highest BCUT2D eigenvalue weighted by atomic mass is 15.1. The number of nitrogens with two attached hydrogens (primary N) is 1. The van der Waals surface area contributed by atoms with Crippen LogP contribution in [0.3, 0.4) is 0 Å². The van der Waals surface area contributed by atoms with Gasteiger partial charge >= 0.3 is 0 Å². The lowest BCUT2D eigenvalue weighted by Crippen LogP contribution is -2.08. The third-order valence-corrected chi connectivity index (χ3v) is 1.95. The highest BCUT2D eigenvalue weighted by Gasteiger charge is 2.01. The summed E-state index contributed by atoms with van der Waals surface area (Å²) >= 11 is 0. The molecular formula is C8H15N3. The van der Waals surface area contributed by atoms with Crippen molar-refractivity contribution in [3.63, 3.8) is 0 Å². The maximum Gasteiger partial charge on any atom is 0.200 e. The molecule has 2 N–H and O–H groups in total. The first-order valence-electron chi connectivity index (χ1n) is 4.00. The molecule has 1 unspecified atom stereocenters. The van der Waals surface area contributed by atoms with Gasteiger partial charge in [-0.25, -0.2) is 4.98 Å².